The normalized spacial score (nSPS) is 26.6. The van der Waals surface area contributed by atoms with Crippen LogP contribution in [-0.4, -0.2) is 38.4 Å². The van der Waals surface area contributed by atoms with Crippen molar-refractivity contribution in [1.29, 1.82) is 0 Å². The molecule has 128 valence electrons. The number of hydrogen-bond acceptors (Lipinski definition) is 4. The molecule has 23 heavy (non-hydrogen) atoms. The van der Waals surface area contributed by atoms with Crippen LogP contribution in [0.1, 0.15) is 50.8 Å². The fourth-order valence-corrected chi connectivity index (χ4v) is 4.76. The van der Waals surface area contributed by atoms with Crippen molar-refractivity contribution in [1.82, 2.24) is 9.79 Å². The average Bonchev–Trinajstić information content (AvgIpc) is 3.16. The zero-order valence-corrected chi connectivity index (χ0v) is 15.1. The molecule has 2 aliphatic rings. The van der Waals surface area contributed by atoms with E-state index in [9.17, 15) is 8.42 Å². The first-order valence-corrected chi connectivity index (χ1v) is 9.70. The topological polar surface area (TPSA) is 58.6 Å². The molecule has 3 rings (SSSR count). The monoisotopic (exact) mass is 338 g/mol. The van der Waals surface area contributed by atoms with Crippen LogP contribution in [0.4, 0.5) is 0 Å². The van der Waals surface area contributed by atoms with Gasteiger partial charge in [0, 0.05) is 13.1 Å². The van der Waals surface area contributed by atoms with Crippen LogP contribution in [0.2, 0.25) is 0 Å². The molecule has 0 amide bonds. The highest BCUT2D eigenvalue weighted by molar-refractivity contribution is 7.90. The van der Waals surface area contributed by atoms with Gasteiger partial charge in [0.05, 0.1) is 12.6 Å². The van der Waals surface area contributed by atoms with Gasteiger partial charge in [0.1, 0.15) is 5.25 Å². The van der Waals surface area contributed by atoms with Crippen molar-refractivity contribution in [2.45, 2.75) is 56.4 Å². The summed E-state index contributed by atoms with van der Waals surface area (Å²) in [7, 11) is -1.58. The van der Waals surface area contributed by atoms with Crippen molar-refractivity contribution < 1.29 is 13.3 Å². The summed E-state index contributed by atoms with van der Waals surface area (Å²) in [4.78, 5) is 5.53. The van der Waals surface area contributed by atoms with E-state index in [1.165, 1.54) is 5.56 Å². The molecule has 1 saturated carbocycles. The fourth-order valence-electron chi connectivity index (χ4n) is 2.98. The Hall–Kier alpha value is -0.950. The number of rotatable bonds is 4. The SMILES string of the molecule is CN1OC[C@@H](S(=O)(=O)NC2CC2)[C@H]1c1ccc(C(C)(C)C)cc1. The van der Waals surface area contributed by atoms with Gasteiger partial charge in [-0.3, -0.25) is 4.84 Å². The van der Waals surface area contributed by atoms with Gasteiger partial charge in [-0.2, -0.15) is 5.06 Å². The Morgan fingerprint density at radius 1 is 1.17 bits per heavy atom. The summed E-state index contributed by atoms with van der Waals surface area (Å²) in [5.74, 6) is 0. The lowest BCUT2D eigenvalue weighted by atomic mass is 9.86. The summed E-state index contributed by atoms with van der Waals surface area (Å²) in [6.45, 7) is 6.70. The quantitative estimate of drug-likeness (QED) is 0.915. The standard InChI is InChI=1S/C17H26N2O3S/c1-17(2,3)13-7-5-12(6-8-13)16-15(11-22-19(16)4)23(20,21)18-14-9-10-14/h5-8,14-16,18H,9-11H2,1-4H3/t15-,16-/m1/s1. The van der Waals surface area contributed by atoms with E-state index >= 15 is 0 Å². The van der Waals surface area contributed by atoms with Crippen molar-refractivity contribution in [2.24, 2.45) is 0 Å². The Bertz CT molecular complexity index is 660. The van der Waals surface area contributed by atoms with Gasteiger partial charge in [-0.25, -0.2) is 13.1 Å². The lowest BCUT2D eigenvalue weighted by molar-refractivity contribution is -0.110. The molecule has 6 heteroatoms. The Morgan fingerprint density at radius 2 is 1.78 bits per heavy atom. The zero-order chi connectivity index (χ0) is 16.8. The van der Waals surface area contributed by atoms with E-state index in [1.807, 2.05) is 12.1 Å². The van der Waals surface area contributed by atoms with Crippen molar-refractivity contribution in [2.75, 3.05) is 13.7 Å². The first kappa shape index (κ1) is 16.9. The van der Waals surface area contributed by atoms with Crippen LogP contribution in [0.3, 0.4) is 0 Å². The minimum atomic E-state index is -3.38. The van der Waals surface area contributed by atoms with Gasteiger partial charge in [0.25, 0.3) is 0 Å². The largest absolute Gasteiger partial charge is 0.297 e. The number of hydrogen-bond donors (Lipinski definition) is 1. The second kappa shape index (κ2) is 5.84. The molecular weight excluding hydrogens is 312 g/mol. The zero-order valence-electron chi connectivity index (χ0n) is 14.2. The van der Waals surface area contributed by atoms with Gasteiger partial charge in [-0.1, -0.05) is 45.0 Å². The maximum Gasteiger partial charge on any atom is 0.219 e. The van der Waals surface area contributed by atoms with Crippen LogP contribution in [0.5, 0.6) is 0 Å². The summed E-state index contributed by atoms with van der Waals surface area (Å²) in [6, 6.07) is 8.06. The first-order chi connectivity index (χ1) is 10.7. The van der Waals surface area contributed by atoms with Crippen molar-refractivity contribution >= 4 is 10.0 Å². The molecule has 1 saturated heterocycles. The van der Waals surface area contributed by atoms with E-state index < -0.39 is 15.3 Å². The summed E-state index contributed by atoms with van der Waals surface area (Å²) < 4.78 is 28.0. The maximum absolute atomic E-state index is 12.6. The van der Waals surface area contributed by atoms with E-state index in [2.05, 4.69) is 37.6 Å². The van der Waals surface area contributed by atoms with Gasteiger partial charge in [0.15, 0.2) is 0 Å². The molecule has 0 bridgehead atoms. The Kier molecular flexibility index (Phi) is 4.29. The molecule has 2 fully saturated rings. The highest BCUT2D eigenvalue weighted by Gasteiger charge is 2.44. The third-order valence-electron chi connectivity index (χ3n) is 4.61. The molecule has 0 aromatic heterocycles. The highest BCUT2D eigenvalue weighted by Crippen LogP contribution is 2.35. The van der Waals surface area contributed by atoms with Gasteiger partial charge < -0.3 is 0 Å². The van der Waals surface area contributed by atoms with Crippen molar-refractivity contribution in [3.63, 3.8) is 0 Å². The lowest BCUT2D eigenvalue weighted by Crippen LogP contribution is -2.40. The molecule has 1 N–H and O–H groups in total. The predicted molar refractivity (Wildman–Crippen MR) is 90.5 cm³/mol. The third kappa shape index (κ3) is 3.60. The summed E-state index contributed by atoms with van der Waals surface area (Å²) in [5.41, 5.74) is 2.29. The summed E-state index contributed by atoms with van der Waals surface area (Å²) >= 11 is 0. The van der Waals surface area contributed by atoms with Gasteiger partial charge in [0.2, 0.25) is 10.0 Å². The van der Waals surface area contributed by atoms with E-state index in [4.69, 9.17) is 4.84 Å². The van der Waals surface area contributed by atoms with Crippen LogP contribution in [0.15, 0.2) is 24.3 Å². The van der Waals surface area contributed by atoms with Crippen LogP contribution < -0.4 is 4.72 Å². The maximum atomic E-state index is 12.6. The van der Waals surface area contributed by atoms with Crippen LogP contribution in [0, 0.1) is 0 Å². The second-order valence-corrected chi connectivity index (χ2v) is 9.57. The molecule has 0 spiro atoms. The molecule has 0 unspecified atom stereocenters. The Balaban J connectivity index is 1.86. The summed E-state index contributed by atoms with van der Waals surface area (Å²) in [6.07, 6.45) is 1.88. The van der Waals surface area contributed by atoms with Crippen LogP contribution in [0.25, 0.3) is 0 Å². The Morgan fingerprint density at radius 3 is 2.30 bits per heavy atom. The molecule has 5 nitrogen and oxygen atoms in total. The minimum absolute atomic E-state index is 0.0790. The fraction of sp³-hybridized carbons (Fsp3) is 0.647. The molecule has 1 aromatic rings. The summed E-state index contributed by atoms with van der Waals surface area (Å²) in [5, 5.41) is 1.09. The number of hydroxylamine groups is 2. The highest BCUT2D eigenvalue weighted by atomic mass is 32.2. The van der Waals surface area contributed by atoms with E-state index in [1.54, 1.807) is 12.1 Å². The third-order valence-corrected chi connectivity index (χ3v) is 6.46. The van der Waals surface area contributed by atoms with Gasteiger partial charge in [-0.15, -0.1) is 0 Å². The number of nitrogens with zero attached hydrogens (tertiary/aromatic N) is 1. The molecule has 2 atom stereocenters. The van der Waals surface area contributed by atoms with Crippen LogP contribution in [-0.2, 0) is 20.3 Å². The van der Waals surface area contributed by atoms with Crippen LogP contribution >= 0.6 is 0 Å². The Labute approximate surface area is 139 Å². The number of nitrogens with one attached hydrogen (secondary N) is 1. The minimum Gasteiger partial charge on any atom is -0.297 e. The smallest absolute Gasteiger partial charge is 0.219 e. The number of benzene rings is 1. The van der Waals surface area contributed by atoms with E-state index in [0.29, 0.717) is 0 Å². The molecular formula is C17H26N2O3S. The molecule has 1 aliphatic carbocycles. The average molecular weight is 338 g/mol. The van der Waals surface area contributed by atoms with E-state index in [0.717, 1.165) is 18.4 Å². The molecule has 1 heterocycles. The first-order valence-electron chi connectivity index (χ1n) is 8.16. The van der Waals surface area contributed by atoms with Crippen molar-refractivity contribution in [3.05, 3.63) is 35.4 Å². The van der Waals surface area contributed by atoms with Crippen molar-refractivity contribution in [3.8, 4) is 0 Å². The molecule has 1 aliphatic heterocycles. The molecule has 0 radical (unpaired) electrons. The lowest BCUT2D eigenvalue weighted by Gasteiger charge is -2.25. The molecule has 1 aromatic carbocycles. The van der Waals surface area contributed by atoms with Gasteiger partial charge >= 0.3 is 0 Å². The van der Waals surface area contributed by atoms with Gasteiger partial charge in [-0.05, 0) is 29.4 Å². The number of sulfonamides is 1. The van der Waals surface area contributed by atoms with E-state index in [-0.39, 0.29) is 24.1 Å². The predicted octanol–water partition coefficient (Wildman–Crippen LogP) is 2.35. The second-order valence-electron chi connectivity index (χ2n) is 7.63.